The monoisotopic (exact) mass is 294 g/mol. The Morgan fingerprint density at radius 2 is 2.14 bits per heavy atom. The molecule has 3 heterocycles. The Labute approximate surface area is 126 Å². The van der Waals surface area contributed by atoms with E-state index in [1.807, 2.05) is 19.1 Å². The number of nitrogens with two attached hydrogens (primary N) is 1. The molecule has 0 aliphatic carbocycles. The molecule has 0 atom stereocenters. The Bertz CT molecular complexity index is 908. The first-order valence-electron chi connectivity index (χ1n) is 7.01. The van der Waals surface area contributed by atoms with Crippen LogP contribution >= 0.6 is 0 Å². The van der Waals surface area contributed by atoms with Crippen LogP contribution < -0.4 is 10.5 Å². The van der Waals surface area contributed by atoms with Gasteiger partial charge in [-0.3, -0.25) is 4.98 Å². The van der Waals surface area contributed by atoms with Gasteiger partial charge in [-0.1, -0.05) is 0 Å². The molecule has 0 fully saturated rings. The fourth-order valence-corrected chi connectivity index (χ4v) is 2.94. The van der Waals surface area contributed by atoms with Gasteiger partial charge in [0, 0.05) is 40.7 Å². The van der Waals surface area contributed by atoms with Crippen LogP contribution in [0.25, 0.3) is 22.0 Å². The van der Waals surface area contributed by atoms with Crippen LogP contribution in [0.5, 0.6) is 11.5 Å². The summed E-state index contributed by atoms with van der Waals surface area (Å²) in [6.07, 6.45) is 4.03. The Morgan fingerprint density at radius 3 is 3.00 bits per heavy atom. The Kier molecular flexibility index (Phi) is 2.66. The van der Waals surface area contributed by atoms with Crippen molar-refractivity contribution >= 4 is 16.6 Å². The molecule has 4 rings (SSSR count). The predicted molar refractivity (Wildman–Crippen MR) is 82.8 cm³/mol. The number of nitrogens with zero attached hydrogens (tertiary/aromatic N) is 3. The van der Waals surface area contributed by atoms with Crippen LogP contribution in [0.15, 0.2) is 24.5 Å². The molecule has 0 spiro atoms. The summed E-state index contributed by atoms with van der Waals surface area (Å²) < 4.78 is 5.53. The van der Waals surface area contributed by atoms with Crippen LogP contribution in [0.3, 0.4) is 0 Å². The molecule has 6 nitrogen and oxygen atoms in total. The number of pyridine rings is 1. The van der Waals surface area contributed by atoms with Crippen molar-refractivity contribution in [3.8, 4) is 22.8 Å². The molecule has 110 valence electrons. The van der Waals surface area contributed by atoms with Gasteiger partial charge in [0.25, 0.3) is 0 Å². The van der Waals surface area contributed by atoms with Crippen LogP contribution in [0.1, 0.15) is 11.1 Å². The number of rotatable bonds is 1. The number of aryl methyl sites for hydroxylation is 1. The topological polar surface area (TPSA) is 94.2 Å². The van der Waals surface area contributed by atoms with E-state index >= 15 is 0 Å². The first-order chi connectivity index (χ1) is 10.7. The van der Waals surface area contributed by atoms with E-state index in [2.05, 4.69) is 15.2 Å². The molecule has 0 saturated carbocycles. The number of nitrogen functional groups attached to an aromatic ring is 1. The van der Waals surface area contributed by atoms with Gasteiger partial charge in [-0.05, 0) is 24.6 Å². The third-order valence-electron chi connectivity index (χ3n) is 4.02. The van der Waals surface area contributed by atoms with Gasteiger partial charge in [0.2, 0.25) is 0 Å². The van der Waals surface area contributed by atoms with Crippen molar-refractivity contribution < 1.29 is 9.84 Å². The van der Waals surface area contributed by atoms with Gasteiger partial charge in [-0.2, -0.15) is 0 Å². The lowest BCUT2D eigenvalue weighted by Gasteiger charge is -2.13. The van der Waals surface area contributed by atoms with E-state index in [-0.39, 0.29) is 5.75 Å². The van der Waals surface area contributed by atoms with Crippen molar-refractivity contribution in [1.82, 2.24) is 15.2 Å². The molecule has 0 unspecified atom stereocenters. The van der Waals surface area contributed by atoms with Gasteiger partial charge in [-0.15, -0.1) is 10.2 Å². The maximum atomic E-state index is 10.7. The largest absolute Gasteiger partial charge is 0.507 e. The average molecular weight is 294 g/mol. The molecule has 0 bridgehead atoms. The lowest BCUT2D eigenvalue weighted by molar-refractivity contribution is 0.356. The number of hydrogen-bond donors (Lipinski definition) is 2. The number of fused-ring (bicyclic) bond motifs is 2. The number of phenols is 1. The van der Waals surface area contributed by atoms with Crippen molar-refractivity contribution in [2.75, 3.05) is 12.3 Å². The van der Waals surface area contributed by atoms with Gasteiger partial charge in [0.15, 0.2) is 5.82 Å². The van der Waals surface area contributed by atoms with E-state index in [9.17, 15) is 5.11 Å². The third kappa shape index (κ3) is 1.70. The highest BCUT2D eigenvalue weighted by Crippen LogP contribution is 2.44. The van der Waals surface area contributed by atoms with Gasteiger partial charge in [0.05, 0.1) is 6.61 Å². The highest BCUT2D eigenvalue weighted by atomic mass is 16.5. The molecule has 1 aromatic carbocycles. The summed E-state index contributed by atoms with van der Waals surface area (Å²) in [5, 5.41) is 20.4. The van der Waals surface area contributed by atoms with E-state index < -0.39 is 0 Å². The summed E-state index contributed by atoms with van der Waals surface area (Å²) in [7, 11) is 0. The highest BCUT2D eigenvalue weighted by molar-refractivity contribution is 6.00. The number of benzene rings is 1. The second kappa shape index (κ2) is 4.56. The minimum absolute atomic E-state index is 0.213. The zero-order valence-electron chi connectivity index (χ0n) is 12.0. The summed E-state index contributed by atoms with van der Waals surface area (Å²) in [6, 6.07) is 3.76. The average Bonchev–Trinajstić information content (AvgIpc) is 2.98. The molecule has 0 radical (unpaired) electrons. The zero-order valence-corrected chi connectivity index (χ0v) is 12.0. The van der Waals surface area contributed by atoms with Gasteiger partial charge in [-0.25, -0.2) is 0 Å². The number of aromatic hydroxyl groups is 1. The zero-order chi connectivity index (χ0) is 15.3. The number of anilines is 1. The van der Waals surface area contributed by atoms with Gasteiger partial charge >= 0.3 is 0 Å². The summed E-state index contributed by atoms with van der Waals surface area (Å²) in [6.45, 7) is 2.51. The number of hydrogen-bond acceptors (Lipinski definition) is 6. The molecule has 6 heteroatoms. The highest BCUT2D eigenvalue weighted by Gasteiger charge is 2.24. The molecule has 1 aliphatic rings. The van der Waals surface area contributed by atoms with Gasteiger partial charge < -0.3 is 15.6 Å². The summed E-state index contributed by atoms with van der Waals surface area (Å²) >= 11 is 0. The SMILES string of the molecule is Cc1cc2c(c(O)c1-c1nnc(N)c3cnccc13)CCO2. The number of aromatic nitrogens is 3. The van der Waals surface area contributed by atoms with E-state index in [0.717, 1.165) is 27.6 Å². The predicted octanol–water partition coefficient (Wildman–Crippen LogP) is 2.22. The van der Waals surface area contributed by atoms with Crippen molar-refractivity contribution in [2.45, 2.75) is 13.3 Å². The lowest BCUT2D eigenvalue weighted by Crippen LogP contribution is -1.99. The fraction of sp³-hybridized carbons (Fsp3) is 0.188. The van der Waals surface area contributed by atoms with Crippen LogP contribution in [0, 0.1) is 6.92 Å². The van der Waals surface area contributed by atoms with Crippen molar-refractivity contribution in [1.29, 1.82) is 0 Å². The molecule has 0 saturated heterocycles. The van der Waals surface area contributed by atoms with Crippen molar-refractivity contribution in [3.63, 3.8) is 0 Å². The van der Waals surface area contributed by atoms with Crippen LogP contribution in [0.2, 0.25) is 0 Å². The molecule has 22 heavy (non-hydrogen) atoms. The summed E-state index contributed by atoms with van der Waals surface area (Å²) in [5.74, 6) is 1.28. The van der Waals surface area contributed by atoms with Crippen LogP contribution in [0.4, 0.5) is 5.82 Å². The minimum atomic E-state index is 0.213. The van der Waals surface area contributed by atoms with E-state index in [1.54, 1.807) is 12.4 Å². The maximum absolute atomic E-state index is 10.7. The molecule has 2 aromatic heterocycles. The molecular formula is C16H14N4O2. The van der Waals surface area contributed by atoms with E-state index in [1.165, 1.54) is 0 Å². The van der Waals surface area contributed by atoms with Crippen LogP contribution in [-0.2, 0) is 6.42 Å². The van der Waals surface area contributed by atoms with E-state index in [0.29, 0.717) is 30.1 Å². The minimum Gasteiger partial charge on any atom is -0.507 e. The van der Waals surface area contributed by atoms with Crippen molar-refractivity contribution in [2.24, 2.45) is 0 Å². The second-order valence-electron chi connectivity index (χ2n) is 5.35. The maximum Gasteiger partial charge on any atom is 0.155 e. The Hall–Kier alpha value is -2.89. The lowest BCUT2D eigenvalue weighted by atomic mass is 9.96. The number of phenolic OH excluding ortho intramolecular Hbond substituents is 1. The molecule has 1 aliphatic heterocycles. The molecule has 3 N–H and O–H groups in total. The van der Waals surface area contributed by atoms with Crippen molar-refractivity contribution in [3.05, 3.63) is 35.7 Å². The molecule has 3 aromatic rings. The Morgan fingerprint density at radius 1 is 1.27 bits per heavy atom. The third-order valence-corrected chi connectivity index (χ3v) is 4.02. The summed E-state index contributed by atoms with van der Waals surface area (Å²) in [4.78, 5) is 4.08. The quantitative estimate of drug-likeness (QED) is 0.714. The first kappa shape index (κ1) is 12.8. The molecule has 0 amide bonds. The fourth-order valence-electron chi connectivity index (χ4n) is 2.94. The van der Waals surface area contributed by atoms with Gasteiger partial charge in [0.1, 0.15) is 17.2 Å². The molecular weight excluding hydrogens is 280 g/mol. The van der Waals surface area contributed by atoms with E-state index in [4.69, 9.17) is 10.5 Å². The second-order valence-corrected chi connectivity index (χ2v) is 5.35. The van der Waals surface area contributed by atoms with Crippen LogP contribution in [-0.4, -0.2) is 26.9 Å². The smallest absolute Gasteiger partial charge is 0.155 e. The normalized spacial score (nSPS) is 13.1. The summed E-state index contributed by atoms with van der Waals surface area (Å²) in [5.41, 5.74) is 8.86. The first-order valence-corrected chi connectivity index (χ1v) is 7.01. The number of ether oxygens (including phenoxy) is 1. The standard InChI is InChI=1S/C16H14N4O2/c1-8-6-12-10(3-5-22-12)15(21)13(8)14-9-2-4-18-7-11(9)16(17)20-19-14/h2,4,6-7,21H,3,5H2,1H3,(H2,17,20). The Balaban J connectivity index is 2.07.